The highest BCUT2D eigenvalue weighted by Crippen LogP contribution is 2.37. The lowest BCUT2D eigenvalue weighted by atomic mass is 9.93. The Labute approximate surface area is 267 Å². The Morgan fingerprint density at radius 3 is 2.23 bits per heavy atom. The van der Waals surface area contributed by atoms with Crippen molar-refractivity contribution in [3.63, 3.8) is 0 Å². The molecule has 5 heteroatoms. The molecule has 4 nitrogen and oxygen atoms in total. The van der Waals surface area contributed by atoms with Crippen LogP contribution in [-0.4, -0.2) is 66.7 Å². The molecule has 0 amide bonds. The van der Waals surface area contributed by atoms with Gasteiger partial charge in [0.25, 0.3) is 0 Å². The highest BCUT2D eigenvalue weighted by molar-refractivity contribution is 8.00. The summed E-state index contributed by atoms with van der Waals surface area (Å²) in [5.74, 6) is 2.53. The predicted molar refractivity (Wildman–Crippen MR) is 187 cm³/mol. The number of ketones is 1. The number of allylic oxidation sites excluding steroid dienone is 1. The third-order valence-corrected chi connectivity index (χ3v) is 10.2. The fourth-order valence-corrected chi connectivity index (χ4v) is 6.75. The molecule has 0 aromatic heterocycles. The lowest BCUT2D eigenvalue weighted by Gasteiger charge is -2.32. The number of thioether (sulfide) groups is 1. The van der Waals surface area contributed by atoms with Gasteiger partial charge in [-0.1, -0.05) is 91.4 Å². The summed E-state index contributed by atoms with van der Waals surface area (Å²) in [6, 6.07) is 16.1. The van der Waals surface area contributed by atoms with Gasteiger partial charge < -0.3 is 14.5 Å². The minimum Gasteiger partial charge on any atom is -0.494 e. The first-order valence-electron chi connectivity index (χ1n) is 16.8. The highest BCUT2D eigenvalue weighted by Gasteiger charge is 2.20. The average Bonchev–Trinajstić information content (AvgIpc) is 2.99. The van der Waals surface area contributed by atoms with E-state index in [1.54, 1.807) is 6.08 Å². The summed E-state index contributed by atoms with van der Waals surface area (Å²) in [6.07, 6.45) is 13.9. The Hall–Kier alpha value is -2.08. The summed E-state index contributed by atoms with van der Waals surface area (Å²) >= 11 is 1.96. The SMILES string of the molecule is CCC(C)CCCC(C)CCCC(C)(C)Sc1ccc(/C=C/C(=O)c2ccc(OCCCN3CCN(C)CC3)cc2)cc1. The maximum atomic E-state index is 12.8. The van der Waals surface area contributed by atoms with Crippen LogP contribution >= 0.6 is 11.8 Å². The van der Waals surface area contributed by atoms with Crippen LogP contribution in [0.3, 0.4) is 0 Å². The van der Waals surface area contributed by atoms with E-state index in [2.05, 4.69) is 75.7 Å². The van der Waals surface area contributed by atoms with Gasteiger partial charge in [0, 0.05) is 47.9 Å². The largest absolute Gasteiger partial charge is 0.494 e. The van der Waals surface area contributed by atoms with Crippen LogP contribution in [0.5, 0.6) is 5.75 Å². The van der Waals surface area contributed by atoms with E-state index in [1.807, 2.05) is 42.1 Å². The van der Waals surface area contributed by atoms with E-state index in [4.69, 9.17) is 4.74 Å². The van der Waals surface area contributed by atoms with Gasteiger partial charge in [0.05, 0.1) is 6.61 Å². The van der Waals surface area contributed by atoms with Crippen LogP contribution in [0.15, 0.2) is 59.5 Å². The molecule has 0 aliphatic carbocycles. The highest BCUT2D eigenvalue weighted by atomic mass is 32.2. The van der Waals surface area contributed by atoms with E-state index in [0.29, 0.717) is 12.2 Å². The molecule has 2 atom stereocenters. The quantitative estimate of drug-likeness (QED) is 0.0688. The fraction of sp³-hybridized carbons (Fsp3) is 0.605. The lowest BCUT2D eigenvalue weighted by molar-refractivity contribution is 0.104. The van der Waals surface area contributed by atoms with Crippen molar-refractivity contribution in [2.45, 2.75) is 95.6 Å². The van der Waals surface area contributed by atoms with Crippen molar-refractivity contribution < 1.29 is 9.53 Å². The second-order valence-corrected chi connectivity index (χ2v) is 15.2. The molecular formula is C38H58N2O2S. The summed E-state index contributed by atoms with van der Waals surface area (Å²) in [5, 5.41) is 0. The zero-order valence-corrected chi connectivity index (χ0v) is 28.8. The second kappa shape index (κ2) is 18.7. The van der Waals surface area contributed by atoms with Gasteiger partial charge in [0.15, 0.2) is 5.78 Å². The summed E-state index contributed by atoms with van der Waals surface area (Å²) < 4.78 is 6.13. The van der Waals surface area contributed by atoms with Gasteiger partial charge in [-0.05, 0) is 79.8 Å². The Bertz CT molecular complexity index is 1090. The number of ether oxygens (including phenoxy) is 1. The first kappa shape index (κ1) is 35.4. The van der Waals surface area contributed by atoms with Crippen LogP contribution in [0.4, 0.5) is 0 Å². The van der Waals surface area contributed by atoms with E-state index < -0.39 is 0 Å². The molecule has 1 fully saturated rings. The molecule has 43 heavy (non-hydrogen) atoms. The minimum absolute atomic E-state index is 0.00954. The molecule has 2 aromatic rings. The van der Waals surface area contributed by atoms with Gasteiger partial charge in [0.1, 0.15) is 5.75 Å². The van der Waals surface area contributed by atoms with Crippen LogP contribution in [0, 0.1) is 11.8 Å². The first-order valence-corrected chi connectivity index (χ1v) is 17.6. The summed E-state index contributed by atoms with van der Waals surface area (Å²) in [7, 11) is 2.18. The van der Waals surface area contributed by atoms with Crippen molar-refractivity contribution in [2.75, 3.05) is 46.4 Å². The molecule has 2 unspecified atom stereocenters. The first-order chi connectivity index (χ1) is 20.6. The smallest absolute Gasteiger partial charge is 0.185 e. The summed E-state index contributed by atoms with van der Waals surface area (Å²) in [5.41, 5.74) is 1.72. The Balaban J connectivity index is 1.35. The van der Waals surface area contributed by atoms with Crippen LogP contribution in [0.1, 0.15) is 102 Å². The minimum atomic E-state index is 0.00954. The molecule has 0 saturated carbocycles. The number of piperazine rings is 1. The zero-order valence-electron chi connectivity index (χ0n) is 27.9. The molecule has 0 spiro atoms. The maximum absolute atomic E-state index is 12.8. The van der Waals surface area contributed by atoms with Crippen molar-refractivity contribution in [3.05, 3.63) is 65.7 Å². The molecule has 2 aromatic carbocycles. The third kappa shape index (κ3) is 14.0. The molecule has 1 heterocycles. The van der Waals surface area contributed by atoms with Crippen molar-refractivity contribution in [1.29, 1.82) is 0 Å². The van der Waals surface area contributed by atoms with Gasteiger partial charge in [-0.3, -0.25) is 4.79 Å². The third-order valence-electron chi connectivity index (χ3n) is 8.89. The van der Waals surface area contributed by atoms with Crippen molar-refractivity contribution >= 4 is 23.6 Å². The molecule has 0 bridgehead atoms. The van der Waals surface area contributed by atoms with E-state index in [1.165, 1.54) is 49.8 Å². The van der Waals surface area contributed by atoms with E-state index in [-0.39, 0.29) is 10.5 Å². The van der Waals surface area contributed by atoms with E-state index in [0.717, 1.165) is 62.3 Å². The Morgan fingerprint density at radius 2 is 1.56 bits per heavy atom. The van der Waals surface area contributed by atoms with Crippen molar-refractivity contribution in [2.24, 2.45) is 11.8 Å². The fourth-order valence-electron chi connectivity index (χ4n) is 5.59. The lowest BCUT2D eigenvalue weighted by Crippen LogP contribution is -2.44. The molecule has 238 valence electrons. The van der Waals surface area contributed by atoms with Gasteiger partial charge in [-0.2, -0.15) is 0 Å². The molecular weight excluding hydrogens is 548 g/mol. The van der Waals surface area contributed by atoms with Gasteiger partial charge in [-0.25, -0.2) is 0 Å². The van der Waals surface area contributed by atoms with Crippen molar-refractivity contribution in [1.82, 2.24) is 9.80 Å². The molecule has 1 aliphatic rings. The molecule has 3 rings (SSSR count). The van der Waals surface area contributed by atoms with Crippen LogP contribution in [0.25, 0.3) is 6.08 Å². The number of benzene rings is 2. The number of rotatable bonds is 19. The van der Waals surface area contributed by atoms with Gasteiger partial charge in [0.2, 0.25) is 0 Å². The van der Waals surface area contributed by atoms with Crippen molar-refractivity contribution in [3.8, 4) is 5.75 Å². The van der Waals surface area contributed by atoms with Crippen LogP contribution in [-0.2, 0) is 0 Å². The number of hydrogen-bond donors (Lipinski definition) is 0. The zero-order chi connectivity index (χ0) is 31.1. The van der Waals surface area contributed by atoms with Gasteiger partial charge >= 0.3 is 0 Å². The number of carbonyl (C=O) groups is 1. The monoisotopic (exact) mass is 606 g/mol. The number of hydrogen-bond acceptors (Lipinski definition) is 5. The maximum Gasteiger partial charge on any atom is 0.185 e. The van der Waals surface area contributed by atoms with Crippen LogP contribution < -0.4 is 4.74 Å². The van der Waals surface area contributed by atoms with Crippen LogP contribution in [0.2, 0.25) is 0 Å². The standard InChI is InChI=1S/C38H58N2O2S/c1-7-31(2)11-8-12-32(3)13-9-24-38(4,5)43-36-21-14-33(15-22-36)16-23-37(41)34-17-19-35(20-18-34)42-30-10-25-40-28-26-39(6)27-29-40/h14-23,31-32H,7-13,24-30H2,1-6H3/b23-16+. The second-order valence-electron chi connectivity index (χ2n) is 13.4. The van der Waals surface area contributed by atoms with E-state index in [9.17, 15) is 4.79 Å². The average molecular weight is 607 g/mol. The predicted octanol–water partition coefficient (Wildman–Crippen LogP) is 9.49. The summed E-state index contributed by atoms with van der Waals surface area (Å²) in [6.45, 7) is 18.2. The molecule has 0 N–H and O–H groups in total. The number of likely N-dealkylation sites (N-methyl/N-ethyl adjacent to an activating group) is 1. The van der Waals surface area contributed by atoms with Gasteiger partial charge in [-0.15, -0.1) is 11.8 Å². The number of nitrogens with zero attached hydrogens (tertiary/aromatic N) is 2. The normalized spacial score (nSPS) is 16.4. The molecule has 1 saturated heterocycles. The summed E-state index contributed by atoms with van der Waals surface area (Å²) in [4.78, 5) is 18.9. The Kier molecular flexibility index (Phi) is 15.4. The Morgan fingerprint density at radius 1 is 0.907 bits per heavy atom. The molecule has 0 radical (unpaired) electrons. The van der Waals surface area contributed by atoms with E-state index >= 15 is 0 Å². The number of carbonyl (C=O) groups excluding carboxylic acids is 1. The molecule has 1 aliphatic heterocycles. The topological polar surface area (TPSA) is 32.8 Å².